The molecule has 1 aliphatic heterocycles. The Bertz CT molecular complexity index is 479. The second kappa shape index (κ2) is 5.79. The van der Waals surface area contributed by atoms with Crippen LogP contribution in [0.15, 0.2) is 11.2 Å². The van der Waals surface area contributed by atoms with Gasteiger partial charge in [-0.3, -0.25) is 0 Å². The maximum absolute atomic E-state index is 11.9. The van der Waals surface area contributed by atoms with Crippen molar-refractivity contribution in [1.29, 1.82) is 0 Å². The number of ether oxygens (including phenoxy) is 2. The second-order valence-electron chi connectivity index (χ2n) is 3.97. The van der Waals surface area contributed by atoms with E-state index >= 15 is 0 Å². The van der Waals surface area contributed by atoms with Crippen LogP contribution in [0.2, 0.25) is 0 Å². The summed E-state index contributed by atoms with van der Waals surface area (Å²) in [5.41, 5.74) is 0. The van der Waals surface area contributed by atoms with Gasteiger partial charge < -0.3 is 14.5 Å². The van der Waals surface area contributed by atoms with E-state index in [0.717, 1.165) is 0 Å². The summed E-state index contributed by atoms with van der Waals surface area (Å²) in [6.07, 6.45) is 1.75. The van der Waals surface area contributed by atoms with Gasteiger partial charge >= 0.3 is 0 Å². The standard InChI is InChI=1S/C10H17N3O4S/c1-2-9-11-6-10(13-9)18(14,15)12-5-8-7-16-3-4-17-8/h6,8,12H,2-5,7H2,1H3,(H,11,13). The number of nitrogens with zero attached hydrogens (tertiary/aromatic N) is 1. The molecule has 0 amide bonds. The van der Waals surface area contributed by atoms with Gasteiger partial charge in [-0.25, -0.2) is 18.1 Å². The lowest BCUT2D eigenvalue weighted by Crippen LogP contribution is -2.39. The molecule has 8 heteroatoms. The van der Waals surface area contributed by atoms with Crippen molar-refractivity contribution >= 4 is 10.0 Å². The van der Waals surface area contributed by atoms with Crippen molar-refractivity contribution in [3.8, 4) is 0 Å². The molecule has 1 unspecified atom stereocenters. The van der Waals surface area contributed by atoms with Gasteiger partial charge in [0, 0.05) is 13.0 Å². The number of nitrogens with one attached hydrogen (secondary N) is 2. The lowest BCUT2D eigenvalue weighted by atomic mass is 10.3. The molecule has 7 nitrogen and oxygen atoms in total. The molecule has 102 valence electrons. The van der Waals surface area contributed by atoms with E-state index < -0.39 is 10.0 Å². The van der Waals surface area contributed by atoms with Crippen LogP contribution in [0.1, 0.15) is 12.7 Å². The van der Waals surface area contributed by atoms with E-state index in [2.05, 4.69) is 14.7 Å². The minimum Gasteiger partial charge on any atom is -0.376 e. The molecule has 1 fully saturated rings. The molecule has 1 saturated heterocycles. The Kier molecular flexibility index (Phi) is 4.33. The molecule has 1 aromatic heterocycles. The average Bonchev–Trinajstić information content (AvgIpc) is 2.87. The number of hydrogen-bond acceptors (Lipinski definition) is 5. The molecule has 0 aromatic carbocycles. The Labute approximate surface area is 106 Å². The molecule has 0 saturated carbocycles. The predicted molar refractivity (Wildman–Crippen MR) is 63.7 cm³/mol. The zero-order chi connectivity index (χ0) is 13.0. The SMILES string of the molecule is CCc1ncc(S(=O)(=O)NCC2COCCO2)[nH]1. The van der Waals surface area contributed by atoms with Crippen molar-refractivity contribution in [1.82, 2.24) is 14.7 Å². The minimum atomic E-state index is -3.55. The molecule has 18 heavy (non-hydrogen) atoms. The highest BCUT2D eigenvalue weighted by Crippen LogP contribution is 2.07. The maximum Gasteiger partial charge on any atom is 0.257 e. The van der Waals surface area contributed by atoms with Crippen molar-refractivity contribution in [3.05, 3.63) is 12.0 Å². The van der Waals surface area contributed by atoms with E-state index in [-0.39, 0.29) is 17.7 Å². The third kappa shape index (κ3) is 3.29. The molecule has 2 heterocycles. The monoisotopic (exact) mass is 275 g/mol. The van der Waals surface area contributed by atoms with Crippen molar-refractivity contribution in [2.75, 3.05) is 26.4 Å². The zero-order valence-electron chi connectivity index (χ0n) is 10.2. The van der Waals surface area contributed by atoms with Crippen LogP contribution in [-0.4, -0.2) is 50.9 Å². The highest BCUT2D eigenvalue weighted by atomic mass is 32.2. The van der Waals surface area contributed by atoms with Crippen molar-refractivity contribution in [2.45, 2.75) is 24.5 Å². The lowest BCUT2D eigenvalue weighted by molar-refractivity contribution is -0.0847. The number of rotatable bonds is 5. The van der Waals surface area contributed by atoms with Gasteiger partial charge in [-0.05, 0) is 0 Å². The molecule has 2 rings (SSSR count). The number of imidazole rings is 1. The van der Waals surface area contributed by atoms with Crippen LogP contribution < -0.4 is 4.72 Å². The minimum absolute atomic E-state index is 0.0797. The Morgan fingerprint density at radius 2 is 2.39 bits per heavy atom. The highest BCUT2D eigenvalue weighted by molar-refractivity contribution is 7.89. The summed E-state index contributed by atoms with van der Waals surface area (Å²) in [7, 11) is -3.55. The predicted octanol–water partition coefficient (Wildman–Crippen LogP) is -0.334. The number of H-pyrrole nitrogens is 1. The quantitative estimate of drug-likeness (QED) is 0.767. The van der Waals surface area contributed by atoms with Crippen LogP contribution in [0.3, 0.4) is 0 Å². The Hall–Kier alpha value is -0.960. The number of sulfonamides is 1. The first-order valence-electron chi connectivity index (χ1n) is 5.84. The summed E-state index contributed by atoms with van der Waals surface area (Å²) >= 11 is 0. The van der Waals surface area contributed by atoms with E-state index in [4.69, 9.17) is 9.47 Å². The van der Waals surface area contributed by atoms with E-state index in [1.165, 1.54) is 6.20 Å². The van der Waals surface area contributed by atoms with Gasteiger partial charge in [0.25, 0.3) is 10.0 Å². The van der Waals surface area contributed by atoms with Crippen molar-refractivity contribution in [2.24, 2.45) is 0 Å². The molecular weight excluding hydrogens is 258 g/mol. The first-order chi connectivity index (χ1) is 8.62. The maximum atomic E-state index is 11.9. The molecule has 1 aromatic rings. The first-order valence-corrected chi connectivity index (χ1v) is 7.33. The number of hydrogen-bond donors (Lipinski definition) is 2. The number of aryl methyl sites for hydroxylation is 1. The Morgan fingerprint density at radius 3 is 3.00 bits per heavy atom. The number of aromatic nitrogens is 2. The third-order valence-electron chi connectivity index (χ3n) is 2.62. The normalized spacial score (nSPS) is 21.1. The lowest BCUT2D eigenvalue weighted by Gasteiger charge is -2.22. The van der Waals surface area contributed by atoms with Gasteiger partial charge in [-0.1, -0.05) is 6.92 Å². The van der Waals surface area contributed by atoms with Crippen LogP contribution in [0, 0.1) is 0 Å². The zero-order valence-corrected chi connectivity index (χ0v) is 11.0. The van der Waals surface area contributed by atoms with Crippen LogP contribution in [-0.2, 0) is 25.9 Å². The Morgan fingerprint density at radius 1 is 1.56 bits per heavy atom. The van der Waals surface area contributed by atoms with Crippen molar-refractivity contribution in [3.63, 3.8) is 0 Å². The van der Waals surface area contributed by atoms with E-state index in [1.807, 2.05) is 6.92 Å². The van der Waals surface area contributed by atoms with E-state index in [0.29, 0.717) is 32.1 Å². The van der Waals surface area contributed by atoms with Gasteiger partial charge in [-0.2, -0.15) is 0 Å². The highest BCUT2D eigenvalue weighted by Gasteiger charge is 2.21. The summed E-state index contributed by atoms with van der Waals surface area (Å²) in [5.74, 6) is 0.646. The summed E-state index contributed by atoms with van der Waals surface area (Å²) in [6, 6.07) is 0. The third-order valence-corrected chi connectivity index (χ3v) is 3.95. The van der Waals surface area contributed by atoms with Gasteiger partial charge in [0.2, 0.25) is 0 Å². The summed E-state index contributed by atoms with van der Waals surface area (Å²) in [5, 5.41) is 0.0797. The fraction of sp³-hybridized carbons (Fsp3) is 0.700. The average molecular weight is 275 g/mol. The fourth-order valence-corrected chi connectivity index (χ4v) is 2.60. The smallest absolute Gasteiger partial charge is 0.257 e. The number of aromatic amines is 1. The van der Waals surface area contributed by atoms with Gasteiger partial charge in [0.15, 0.2) is 5.03 Å². The van der Waals surface area contributed by atoms with Gasteiger partial charge in [-0.15, -0.1) is 0 Å². The van der Waals surface area contributed by atoms with Crippen LogP contribution in [0.4, 0.5) is 0 Å². The topological polar surface area (TPSA) is 93.3 Å². The summed E-state index contributed by atoms with van der Waals surface area (Å²) in [4.78, 5) is 6.72. The molecule has 1 atom stereocenters. The fourth-order valence-electron chi connectivity index (χ4n) is 1.59. The van der Waals surface area contributed by atoms with E-state index in [1.54, 1.807) is 0 Å². The largest absolute Gasteiger partial charge is 0.376 e. The molecule has 0 spiro atoms. The second-order valence-corrected chi connectivity index (χ2v) is 5.70. The van der Waals surface area contributed by atoms with E-state index in [9.17, 15) is 8.42 Å². The molecule has 0 radical (unpaired) electrons. The summed E-state index contributed by atoms with van der Waals surface area (Å²) in [6.45, 7) is 3.56. The summed E-state index contributed by atoms with van der Waals surface area (Å²) < 4.78 is 36.9. The molecule has 0 aliphatic carbocycles. The van der Waals surface area contributed by atoms with Crippen LogP contribution in [0.5, 0.6) is 0 Å². The van der Waals surface area contributed by atoms with Crippen LogP contribution >= 0.6 is 0 Å². The molecule has 0 bridgehead atoms. The van der Waals surface area contributed by atoms with Gasteiger partial charge in [0.05, 0.1) is 32.1 Å². The van der Waals surface area contributed by atoms with Gasteiger partial charge in [0.1, 0.15) is 5.82 Å². The molecule has 1 aliphatic rings. The van der Waals surface area contributed by atoms with Crippen LogP contribution in [0.25, 0.3) is 0 Å². The molecular formula is C10H17N3O4S. The Balaban J connectivity index is 1.94. The van der Waals surface area contributed by atoms with Crippen molar-refractivity contribution < 1.29 is 17.9 Å². The first kappa shape index (κ1) is 13.5. The molecule has 2 N–H and O–H groups in total.